The monoisotopic (exact) mass is 319 g/mol. The van der Waals surface area contributed by atoms with Gasteiger partial charge in [-0.05, 0) is 41.5 Å². The second-order valence-electron chi connectivity index (χ2n) is 4.48. The van der Waals surface area contributed by atoms with Crippen LogP contribution in [0.3, 0.4) is 0 Å². The quantitative estimate of drug-likeness (QED) is 0.920. The van der Waals surface area contributed by atoms with Crippen LogP contribution < -0.4 is 0 Å². The zero-order valence-electron chi connectivity index (χ0n) is 10.7. The first-order valence-electron chi connectivity index (χ1n) is 5.79. The van der Waals surface area contributed by atoms with Crippen molar-refractivity contribution in [1.82, 2.24) is 4.90 Å². The first kappa shape index (κ1) is 13.6. The second-order valence-corrected chi connectivity index (χ2v) is 5.39. The Morgan fingerprint density at radius 3 is 2.47 bits per heavy atom. The molecule has 0 saturated heterocycles. The van der Waals surface area contributed by atoms with Crippen molar-refractivity contribution < 1.29 is 9.90 Å². The largest absolute Gasteiger partial charge is 0.508 e. The molecule has 2 aromatic rings. The highest BCUT2D eigenvalue weighted by Crippen LogP contribution is 2.28. The van der Waals surface area contributed by atoms with Gasteiger partial charge in [-0.3, -0.25) is 4.79 Å². The van der Waals surface area contributed by atoms with Gasteiger partial charge >= 0.3 is 0 Å². The summed E-state index contributed by atoms with van der Waals surface area (Å²) in [6, 6.07) is 12.5. The van der Waals surface area contributed by atoms with Gasteiger partial charge in [-0.25, -0.2) is 0 Å². The SMILES string of the molecule is CN(C)C(=O)c1cccc(-c2cc(O)cc(Br)c2)c1. The van der Waals surface area contributed by atoms with Crippen LogP contribution in [-0.2, 0) is 0 Å². The Labute approximate surface area is 120 Å². The number of carbonyl (C=O) groups excluding carboxylic acids is 1. The molecule has 3 nitrogen and oxygen atoms in total. The number of carbonyl (C=O) groups is 1. The van der Waals surface area contributed by atoms with Crippen LogP contribution in [0, 0.1) is 0 Å². The molecule has 0 aliphatic heterocycles. The lowest BCUT2D eigenvalue weighted by molar-refractivity contribution is 0.0827. The Balaban J connectivity index is 2.46. The summed E-state index contributed by atoms with van der Waals surface area (Å²) < 4.78 is 0.798. The summed E-state index contributed by atoms with van der Waals surface area (Å²) in [4.78, 5) is 13.5. The van der Waals surface area contributed by atoms with Crippen molar-refractivity contribution in [2.24, 2.45) is 0 Å². The maximum atomic E-state index is 11.9. The summed E-state index contributed by atoms with van der Waals surface area (Å²) in [5.74, 6) is 0.148. The third-order valence-corrected chi connectivity index (χ3v) is 3.19. The molecule has 0 fully saturated rings. The minimum absolute atomic E-state index is 0.0407. The third-order valence-electron chi connectivity index (χ3n) is 2.73. The van der Waals surface area contributed by atoms with Crippen LogP contribution >= 0.6 is 15.9 Å². The topological polar surface area (TPSA) is 40.5 Å². The van der Waals surface area contributed by atoms with Crippen LogP contribution in [0.4, 0.5) is 0 Å². The predicted octanol–water partition coefficient (Wildman–Crippen LogP) is 3.52. The van der Waals surface area contributed by atoms with Gasteiger partial charge in [0.2, 0.25) is 0 Å². The molecule has 0 unspecified atom stereocenters. The average molecular weight is 320 g/mol. The molecular weight excluding hydrogens is 306 g/mol. The van der Waals surface area contributed by atoms with Gasteiger partial charge in [0.15, 0.2) is 0 Å². The van der Waals surface area contributed by atoms with Crippen molar-refractivity contribution in [3.05, 3.63) is 52.5 Å². The zero-order chi connectivity index (χ0) is 14.0. The van der Waals surface area contributed by atoms with Crippen molar-refractivity contribution in [3.8, 4) is 16.9 Å². The third kappa shape index (κ3) is 3.15. The first-order valence-corrected chi connectivity index (χ1v) is 6.58. The number of amides is 1. The zero-order valence-corrected chi connectivity index (χ0v) is 12.3. The molecule has 0 aromatic heterocycles. The van der Waals surface area contributed by atoms with Crippen LogP contribution in [0.1, 0.15) is 10.4 Å². The molecule has 19 heavy (non-hydrogen) atoms. The van der Waals surface area contributed by atoms with E-state index in [1.165, 1.54) is 4.90 Å². The molecule has 1 amide bonds. The van der Waals surface area contributed by atoms with Crippen molar-refractivity contribution in [1.29, 1.82) is 0 Å². The van der Waals surface area contributed by atoms with Gasteiger partial charge in [0, 0.05) is 24.1 Å². The van der Waals surface area contributed by atoms with Crippen LogP contribution in [-0.4, -0.2) is 30.0 Å². The van der Waals surface area contributed by atoms with E-state index < -0.39 is 0 Å². The van der Waals surface area contributed by atoms with E-state index in [-0.39, 0.29) is 11.7 Å². The molecule has 0 heterocycles. The van der Waals surface area contributed by atoms with E-state index in [9.17, 15) is 9.90 Å². The fraction of sp³-hybridized carbons (Fsp3) is 0.133. The molecule has 0 aliphatic rings. The van der Waals surface area contributed by atoms with Crippen LogP contribution in [0.15, 0.2) is 46.9 Å². The molecule has 2 rings (SSSR count). The Hall–Kier alpha value is -1.81. The second kappa shape index (κ2) is 5.45. The highest BCUT2D eigenvalue weighted by atomic mass is 79.9. The Bertz CT molecular complexity index is 603. The number of halogens is 1. The summed E-state index contributed by atoms with van der Waals surface area (Å²) in [6.07, 6.45) is 0. The number of phenolic OH excluding ortho intramolecular Hbond substituents is 1. The molecule has 1 N–H and O–H groups in total. The van der Waals surface area contributed by atoms with E-state index in [1.807, 2.05) is 24.3 Å². The first-order chi connectivity index (χ1) is 8.97. The molecule has 0 aliphatic carbocycles. The lowest BCUT2D eigenvalue weighted by Crippen LogP contribution is -2.21. The molecule has 0 bridgehead atoms. The van der Waals surface area contributed by atoms with E-state index in [0.717, 1.165) is 15.6 Å². The maximum absolute atomic E-state index is 11.9. The summed E-state index contributed by atoms with van der Waals surface area (Å²) >= 11 is 3.35. The Kier molecular flexibility index (Phi) is 3.90. The number of nitrogens with zero attached hydrogens (tertiary/aromatic N) is 1. The molecule has 98 valence electrons. The summed E-state index contributed by atoms with van der Waals surface area (Å²) in [5.41, 5.74) is 2.38. The molecule has 4 heteroatoms. The van der Waals surface area contributed by atoms with E-state index >= 15 is 0 Å². The number of rotatable bonds is 2. The summed E-state index contributed by atoms with van der Waals surface area (Å²) in [5, 5.41) is 9.62. The fourth-order valence-corrected chi connectivity index (χ4v) is 2.31. The number of benzene rings is 2. The van der Waals surface area contributed by atoms with Gasteiger partial charge < -0.3 is 10.0 Å². The van der Waals surface area contributed by atoms with E-state index in [0.29, 0.717) is 5.56 Å². The van der Waals surface area contributed by atoms with Gasteiger partial charge in [-0.15, -0.1) is 0 Å². The minimum atomic E-state index is -0.0407. The highest BCUT2D eigenvalue weighted by molar-refractivity contribution is 9.10. The minimum Gasteiger partial charge on any atom is -0.508 e. The van der Waals surface area contributed by atoms with Crippen molar-refractivity contribution in [2.75, 3.05) is 14.1 Å². The van der Waals surface area contributed by atoms with E-state index in [1.54, 1.807) is 32.3 Å². The lowest BCUT2D eigenvalue weighted by atomic mass is 10.0. The number of hydrogen-bond donors (Lipinski definition) is 1. The van der Waals surface area contributed by atoms with Crippen molar-refractivity contribution in [2.45, 2.75) is 0 Å². The lowest BCUT2D eigenvalue weighted by Gasteiger charge is -2.11. The van der Waals surface area contributed by atoms with E-state index in [4.69, 9.17) is 0 Å². The van der Waals surface area contributed by atoms with Gasteiger partial charge in [-0.2, -0.15) is 0 Å². The summed E-state index contributed by atoms with van der Waals surface area (Å²) in [6.45, 7) is 0. The average Bonchev–Trinajstić information content (AvgIpc) is 2.36. The maximum Gasteiger partial charge on any atom is 0.253 e. The summed E-state index contributed by atoms with van der Waals surface area (Å²) in [7, 11) is 3.44. The van der Waals surface area contributed by atoms with Gasteiger partial charge in [0.05, 0.1) is 0 Å². The van der Waals surface area contributed by atoms with Crippen LogP contribution in [0.5, 0.6) is 5.75 Å². The molecule has 0 atom stereocenters. The number of hydrogen-bond acceptors (Lipinski definition) is 2. The highest BCUT2D eigenvalue weighted by Gasteiger charge is 2.09. The normalized spacial score (nSPS) is 10.3. The molecule has 0 radical (unpaired) electrons. The van der Waals surface area contributed by atoms with Crippen LogP contribution in [0.25, 0.3) is 11.1 Å². The van der Waals surface area contributed by atoms with Gasteiger partial charge in [0.1, 0.15) is 5.75 Å². The predicted molar refractivity (Wildman–Crippen MR) is 79.3 cm³/mol. The number of phenols is 1. The standard InChI is InChI=1S/C15H14BrNO2/c1-17(2)15(19)11-5-3-4-10(6-11)12-7-13(16)9-14(18)8-12/h3-9,18H,1-2H3. The molecule has 0 saturated carbocycles. The van der Waals surface area contributed by atoms with Crippen molar-refractivity contribution in [3.63, 3.8) is 0 Å². The molecular formula is C15H14BrNO2. The smallest absolute Gasteiger partial charge is 0.253 e. The Morgan fingerprint density at radius 1 is 1.11 bits per heavy atom. The molecule has 0 spiro atoms. The van der Waals surface area contributed by atoms with Crippen LogP contribution in [0.2, 0.25) is 0 Å². The fourth-order valence-electron chi connectivity index (χ4n) is 1.83. The van der Waals surface area contributed by atoms with Gasteiger partial charge in [0.25, 0.3) is 5.91 Å². The number of aromatic hydroxyl groups is 1. The molecule has 2 aromatic carbocycles. The van der Waals surface area contributed by atoms with E-state index in [2.05, 4.69) is 15.9 Å². The van der Waals surface area contributed by atoms with Gasteiger partial charge in [-0.1, -0.05) is 28.1 Å². The Morgan fingerprint density at radius 2 is 1.84 bits per heavy atom. The van der Waals surface area contributed by atoms with Crippen molar-refractivity contribution >= 4 is 21.8 Å².